The lowest BCUT2D eigenvalue weighted by atomic mass is 9.84. The Balaban J connectivity index is 4.06. The first-order valence-corrected chi connectivity index (χ1v) is 8.03. The second kappa shape index (κ2) is 9.64. The second-order valence-corrected chi connectivity index (χ2v) is 6.79. The van der Waals surface area contributed by atoms with E-state index in [9.17, 15) is 0 Å². The Morgan fingerprint density at radius 1 is 0.833 bits per heavy atom. The minimum Gasteiger partial charge on any atom is -0.0744 e. The van der Waals surface area contributed by atoms with Gasteiger partial charge in [0.1, 0.15) is 0 Å². The van der Waals surface area contributed by atoms with Crippen LogP contribution in [0.2, 0.25) is 0 Å². The minimum atomic E-state index is 0.837. The first-order chi connectivity index (χ1) is 8.38. The van der Waals surface area contributed by atoms with E-state index in [1.807, 2.05) is 0 Å². The van der Waals surface area contributed by atoms with E-state index in [2.05, 4.69) is 48.5 Å². The number of allylic oxidation sites excluding steroid dienone is 2. The fraction of sp³-hybridized carbons (Fsp3) is 0.889. The summed E-state index contributed by atoms with van der Waals surface area (Å²) in [6.07, 6.45) is 8.05. The molecular weight excluding hydrogens is 216 g/mol. The maximum atomic E-state index is 2.44. The molecule has 0 radical (unpaired) electrons. The summed E-state index contributed by atoms with van der Waals surface area (Å²) in [6, 6.07) is 0. The van der Waals surface area contributed by atoms with E-state index in [0.717, 1.165) is 17.8 Å². The van der Waals surface area contributed by atoms with Gasteiger partial charge in [-0.05, 0) is 44.4 Å². The SMILES string of the molecule is CCCC(C)=C(C)CC(C)C(C)CCCC(C)C. The zero-order valence-corrected chi connectivity index (χ0v) is 14.0. The van der Waals surface area contributed by atoms with Crippen LogP contribution in [0, 0.1) is 17.8 Å². The molecule has 0 amide bonds. The quantitative estimate of drug-likeness (QED) is 0.405. The van der Waals surface area contributed by atoms with E-state index in [1.54, 1.807) is 11.1 Å². The third kappa shape index (κ3) is 7.95. The molecule has 0 rings (SSSR count). The van der Waals surface area contributed by atoms with Gasteiger partial charge in [-0.2, -0.15) is 0 Å². The monoisotopic (exact) mass is 252 g/mol. The lowest BCUT2D eigenvalue weighted by molar-refractivity contribution is 0.341. The molecule has 2 unspecified atom stereocenters. The van der Waals surface area contributed by atoms with Crippen molar-refractivity contribution in [3.63, 3.8) is 0 Å². The van der Waals surface area contributed by atoms with Crippen LogP contribution in [0.15, 0.2) is 11.1 Å². The van der Waals surface area contributed by atoms with Crippen molar-refractivity contribution in [2.75, 3.05) is 0 Å². The van der Waals surface area contributed by atoms with Gasteiger partial charge in [-0.1, -0.05) is 71.4 Å². The van der Waals surface area contributed by atoms with Crippen LogP contribution in [0.25, 0.3) is 0 Å². The van der Waals surface area contributed by atoms with E-state index < -0.39 is 0 Å². The lowest BCUT2D eigenvalue weighted by Crippen LogP contribution is -2.09. The van der Waals surface area contributed by atoms with Crippen molar-refractivity contribution in [3.8, 4) is 0 Å². The maximum absolute atomic E-state index is 2.44. The number of hydrogen-bond acceptors (Lipinski definition) is 0. The molecule has 0 aromatic carbocycles. The highest BCUT2D eigenvalue weighted by Crippen LogP contribution is 2.26. The molecule has 0 aromatic heterocycles. The molecule has 18 heavy (non-hydrogen) atoms. The maximum Gasteiger partial charge on any atom is -0.0292 e. The highest BCUT2D eigenvalue weighted by Gasteiger charge is 2.13. The average molecular weight is 252 g/mol. The molecule has 0 heteroatoms. The van der Waals surface area contributed by atoms with Crippen LogP contribution in [0.1, 0.15) is 87.0 Å². The van der Waals surface area contributed by atoms with Crippen LogP contribution in [-0.4, -0.2) is 0 Å². The van der Waals surface area contributed by atoms with Crippen LogP contribution >= 0.6 is 0 Å². The Morgan fingerprint density at radius 3 is 1.94 bits per heavy atom. The summed E-state index contributed by atoms with van der Waals surface area (Å²) in [4.78, 5) is 0. The van der Waals surface area contributed by atoms with Gasteiger partial charge in [-0.25, -0.2) is 0 Å². The van der Waals surface area contributed by atoms with Crippen LogP contribution in [0.4, 0.5) is 0 Å². The Bertz CT molecular complexity index is 234. The predicted molar refractivity (Wildman–Crippen MR) is 84.9 cm³/mol. The Labute approximate surface area is 116 Å². The molecule has 0 aliphatic carbocycles. The van der Waals surface area contributed by atoms with Crippen molar-refractivity contribution >= 4 is 0 Å². The molecule has 108 valence electrons. The van der Waals surface area contributed by atoms with E-state index in [1.165, 1.54) is 38.5 Å². The molecular formula is C18H36. The van der Waals surface area contributed by atoms with Gasteiger partial charge in [0.25, 0.3) is 0 Å². The fourth-order valence-corrected chi connectivity index (χ4v) is 2.58. The van der Waals surface area contributed by atoms with Gasteiger partial charge >= 0.3 is 0 Å². The van der Waals surface area contributed by atoms with Gasteiger partial charge in [0.2, 0.25) is 0 Å². The highest BCUT2D eigenvalue weighted by molar-refractivity contribution is 5.10. The van der Waals surface area contributed by atoms with Crippen LogP contribution in [-0.2, 0) is 0 Å². The van der Waals surface area contributed by atoms with Gasteiger partial charge in [0, 0.05) is 0 Å². The third-order valence-corrected chi connectivity index (χ3v) is 4.39. The van der Waals surface area contributed by atoms with Crippen LogP contribution in [0.3, 0.4) is 0 Å². The fourth-order valence-electron chi connectivity index (χ4n) is 2.58. The van der Waals surface area contributed by atoms with E-state index >= 15 is 0 Å². The van der Waals surface area contributed by atoms with Gasteiger partial charge in [0.15, 0.2) is 0 Å². The standard InChI is InChI=1S/C18H36/c1-8-10-15(4)17(6)13-18(7)16(5)12-9-11-14(2)3/h14,16,18H,8-13H2,1-7H3. The summed E-state index contributed by atoms with van der Waals surface area (Å²) < 4.78 is 0. The Hall–Kier alpha value is -0.260. The van der Waals surface area contributed by atoms with Crippen LogP contribution in [0.5, 0.6) is 0 Å². The summed E-state index contributed by atoms with van der Waals surface area (Å²) in [5.74, 6) is 2.57. The molecule has 0 nitrogen and oxygen atoms in total. The normalized spacial score (nSPS) is 16.7. The predicted octanol–water partition coefficient (Wildman–Crippen LogP) is 6.61. The van der Waals surface area contributed by atoms with Gasteiger partial charge in [-0.3, -0.25) is 0 Å². The summed E-state index contributed by atoms with van der Waals surface area (Å²) in [5.41, 5.74) is 3.26. The molecule has 0 heterocycles. The molecule has 0 aliphatic rings. The van der Waals surface area contributed by atoms with Crippen molar-refractivity contribution in [1.82, 2.24) is 0 Å². The highest BCUT2D eigenvalue weighted by atomic mass is 14.2. The van der Waals surface area contributed by atoms with Crippen LogP contribution < -0.4 is 0 Å². The topological polar surface area (TPSA) is 0 Å². The van der Waals surface area contributed by atoms with Crippen molar-refractivity contribution in [2.45, 2.75) is 87.0 Å². The van der Waals surface area contributed by atoms with E-state index in [0.29, 0.717) is 0 Å². The van der Waals surface area contributed by atoms with Crippen molar-refractivity contribution < 1.29 is 0 Å². The average Bonchev–Trinajstić information content (AvgIpc) is 2.28. The molecule has 0 N–H and O–H groups in total. The Kier molecular flexibility index (Phi) is 9.50. The molecule has 0 fully saturated rings. The van der Waals surface area contributed by atoms with E-state index in [-0.39, 0.29) is 0 Å². The smallest absolute Gasteiger partial charge is 0.0292 e. The Morgan fingerprint density at radius 2 is 1.44 bits per heavy atom. The molecule has 0 aromatic rings. The lowest BCUT2D eigenvalue weighted by Gasteiger charge is -2.21. The molecule has 0 spiro atoms. The molecule has 2 atom stereocenters. The molecule has 0 saturated carbocycles. The zero-order chi connectivity index (χ0) is 14.1. The summed E-state index contributed by atoms with van der Waals surface area (Å²) in [6.45, 7) is 16.5. The second-order valence-electron chi connectivity index (χ2n) is 6.79. The van der Waals surface area contributed by atoms with Crippen molar-refractivity contribution in [3.05, 3.63) is 11.1 Å². The van der Waals surface area contributed by atoms with E-state index in [4.69, 9.17) is 0 Å². The summed E-state index contributed by atoms with van der Waals surface area (Å²) >= 11 is 0. The zero-order valence-electron chi connectivity index (χ0n) is 14.0. The molecule has 0 bridgehead atoms. The molecule has 0 aliphatic heterocycles. The van der Waals surface area contributed by atoms with Crippen molar-refractivity contribution in [2.24, 2.45) is 17.8 Å². The summed E-state index contributed by atoms with van der Waals surface area (Å²) in [7, 11) is 0. The largest absolute Gasteiger partial charge is 0.0744 e. The number of rotatable bonds is 9. The van der Waals surface area contributed by atoms with Gasteiger partial charge in [-0.15, -0.1) is 0 Å². The summed E-state index contributed by atoms with van der Waals surface area (Å²) in [5, 5.41) is 0. The number of hydrogen-bond donors (Lipinski definition) is 0. The third-order valence-electron chi connectivity index (χ3n) is 4.39. The van der Waals surface area contributed by atoms with Gasteiger partial charge in [0.05, 0.1) is 0 Å². The molecule has 0 saturated heterocycles. The minimum absolute atomic E-state index is 0.837. The first-order valence-electron chi connectivity index (χ1n) is 8.03. The van der Waals surface area contributed by atoms with Crippen molar-refractivity contribution in [1.29, 1.82) is 0 Å². The van der Waals surface area contributed by atoms with Gasteiger partial charge < -0.3 is 0 Å². The first kappa shape index (κ1) is 17.7.